The molecule has 0 spiro atoms. The molecule has 1 aliphatic heterocycles. The largest absolute Gasteiger partial charge is 0.466 e. The van der Waals surface area contributed by atoms with E-state index in [-0.39, 0.29) is 5.91 Å². The molecule has 1 amide bonds. The van der Waals surface area contributed by atoms with Crippen molar-refractivity contribution in [2.45, 2.75) is 12.8 Å². The van der Waals surface area contributed by atoms with Crippen LogP contribution in [0.5, 0.6) is 5.75 Å². The normalized spacial score (nSPS) is 14.1. The summed E-state index contributed by atoms with van der Waals surface area (Å²) in [5.41, 5.74) is 2.00. The van der Waals surface area contributed by atoms with Crippen LogP contribution in [-0.4, -0.2) is 5.91 Å². The third-order valence-electron chi connectivity index (χ3n) is 2.19. The number of benzene rings is 1. The molecule has 0 radical (unpaired) electrons. The first-order valence-corrected chi connectivity index (χ1v) is 4.50. The molecular formula is C11H11NO2. The van der Waals surface area contributed by atoms with E-state index in [0.29, 0.717) is 6.42 Å². The molecule has 1 N–H and O–H groups in total. The van der Waals surface area contributed by atoms with Crippen LogP contribution in [0.15, 0.2) is 31.0 Å². The number of carbonyl (C=O) groups is 1. The van der Waals surface area contributed by atoms with Crippen LogP contribution >= 0.6 is 0 Å². The Hall–Kier alpha value is -1.77. The molecule has 0 bridgehead atoms. The zero-order chi connectivity index (χ0) is 9.97. The summed E-state index contributed by atoms with van der Waals surface area (Å²) in [4.78, 5) is 11.1. The molecule has 3 heteroatoms. The van der Waals surface area contributed by atoms with E-state index in [2.05, 4.69) is 11.9 Å². The summed E-state index contributed by atoms with van der Waals surface area (Å²) in [6.45, 7) is 3.49. The van der Waals surface area contributed by atoms with Gasteiger partial charge in [-0.25, -0.2) is 0 Å². The monoisotopic (exact) mass is 189 g/mol. The van der Waals surface area contributed by atoms with E-state index in [9.17, 15) is 4.79 Å². The summed E-state index contributed by atoms with van der Waals surface area (Å²) < 4.78 is 5.15. The van der Waals surface area contributed by atoms with Gasteiger partial charge in [0.2, 0.25) is 5.91 Å². The van der Waals surface area contributed by atoms with Crippen LogP contribution in [0, 0.1) is 0 Å². The average Bonchev–Trinajstić information content (AvgIpc) is 2.19. The maximum absolute atomic E-state index is 11.1. The Labute approximate surface area is 82.4 Å². The van der Waals surface area contributed by atoms with Crippen LogP contribution in [-0.2, 0) is 11.2 Å². The lowest BCUT2D eigenvalue weighted by molar-refractivity contribution is -0.116. The summed E-state index contributed by atoms with van der Waals surface area (Å²) in [6, 6.07) is 5.59. The molecule has 0 atom stereocenters. The van der Waals surface area contributed by atoms with E-state index in [1.165, 1.54) is 6.26 Å². The number of nitrogens with one attached hydrogen (secondary N) is 1. The Kier molecular flexibility index (Phi) is 2.23. The van der Waals surface area contributed by atoms with Crippen molar-refractivity contribution in [1.82, 2.24) is 0 Å². The smallest absolute Gasteiger partial charge is 0.224 e. The second-order valence-corrected chi connectivity index (χ2v) is 3.15. The highest BCUT2D eigenvalue weighted by Crippen LogP contribution is 2.26. The highest BCUT2D eigenvalue weighted by molar-refractivity contribution is 5.93. The summed E-state index contributed by atoms with van der Waals surface area (Å²) in [5.74, 6) is 0.838. The number of amides is 1. The third-order valence-corrected chi connectivity index (χ3v) is 2.19. The van der Waals surface area contributed by atoms with Crippen molar-refractivity contribution in [2.24, 2.45) is 0 Å². The minimum absolute atomic E-state index is 0.0786. The fourth-order valence-electron chi connectivity index (χ4n) is 1.53. The van der Waals surface area contributed by atoms with Gasteiger partial charge in [-0.1, -0.05) is 6.58 Å². The minimum atomic E-state index is 0.0786. The lowest BCUT2D eigenvalue weighted by atomic mass is 10.0. The first-order chi connectivity index (χ1) is 6.79. The minimum Gasteiger partial charge on any atom is -0.466 e. The van der Waals surface area contributed by atoms with Crippen molar-refractivity contribution in [1.29, 1.82) is 0 Å². The number of anilines is 1. The van der Waals surface area contributed by atoms with Crippen LogP contribution in [0.4, 0.5) is 5.69 Å². The molecule has 1 aromatic rings. The number of carbonyl (C=O) groups excluding carboxylic acids is 1. The molecule has 3 nitrogen and oxygen atoms in total. The zero-order valence-corrected chi connectivity index (χ0v) is 7.75. The Morgan fingerprint density at radius 1 is 1.43 bits per heavy atom. The molecule has 2 rings (SSSR count). The van der Waals surface area contributed by atoms with Crippen LogP contribution in [0.2, 0.25) is 0 Å². The Morgan fingerprint density at radius 2 is 2.29 bits per heavy atom. The molecule has 0 fully saturated rings. The molecule has 1 aliphatic rings. The molecule has 0 unspecified atom stereocenters. The number of aryl methyl sites for hydroxylation is 1. The van der Waals surface area contributed by atoms with Gasteiger partial charge >= 0.3 is 0 Å². The van der Waals surface area contributed by atoms with Crippen molar-refractivity contribution in [3.05, 3.63) is 36.6 Å². The van der Waals surface area contributed by atoms with Gasteiger partial charge in [-0.2, -0.15) is 0 Å². The molecule has 0 saturated carbocycles. The topological polar surface area (TPSA) is 38.3 Å². The van der Waals surface area contributed by atoms with Crippen molar-refractivity contribution in [3.63, 3.8) is 0 Å². The van der Waals surface area contributed by atoms with Gasteiger partial charge in [-0.15, -0.1) is 0 Å². The lowest BCUT2D eigenvalue weighted by Crippen LogP contribution is -2.18. The number of ether oxygens (including phenoxy) is 1. The highest BCUT2D eigenvalue weighted by atomic mass is 16.5. The first-order valence-electron chi connectivity index (χ1n) is 4.50. The highest BCUT2D eigenvalue weighted by Gasteiger charge is 2.14. The standard InChI is InChI=1S/C11H11NO2/c1-2-14-9-4-5-10-8(7-9)3-6-11(13)12-10/h2,4-5,7H,1,3,6H2,(H,12,13). The summed E-state index contributed by atoms with van der Waals surface area (Å²) in [7, 11) is 0. The van der Waals surface area contributed by atoms with E-state index >= 15 is 0 Å². The number of hydrogen-bond acceptors (Lipinski definition) is 2. The zero-order valence-electron chi connectivity index (χ0n) is 7.75. The molecule has 1 aromatic carbocycles. The van der Waals surface area contributed by atoms with Gasteiger partial charge in [0.25, 0.3) is 0 Å². The Balaban J connectivity index is 2.31. The summed E-state index contributed by atoms with van der Waals surface area (Å²) in [6.07, 6.45) is 2.71. The van der Waals surface area contributed by atoms with Crippen LogP contribution in [0.25, 0.3) is 0 Å². The van der Waals surface area contributed by atoms with E-state index < -0.39 is 0 Å². The maximum Gasteiger partial charge on any atom is 0.224 e. The van der Waals surface area contributed by atoms with E-state index in [1.54, 1.807) is 0 Å². The quantitative estimate of drug-likeness (QED) is 0.723. The SMILES string of the molecule is C=COc1ccc2c(c1)CCC(=O)N2. The van der Waals surface area contributed by atoms with E-state index in [0.717, 1.165) is 23.4 Å². The van der Waals surface area contributed by atoms with E-state index in [4.69, 9.17) is 4.74 Å². The first kappa shape index (κ1) is 8.81. The van der Waals surface area contributed by atoms with Crippen LogP contribution < -0.4 is 10.1 Å². The van der Waals surface area contributed by atoms with Crippen molar-refractivity contribution in [3.8, 4) is 5.75 Å². The summed E-state index contributed by atoms with van der Waals surface area (Å²) >= 11 is 0. The second kappa shape index (κ2) is 3.54. The molecule has 72 valence electrons. The van der Waals surface area contributed by atoms with E-state index in [1.807, 2.05) is 18.2 Å². The van der Waals surface area contributed by atoms with Crippen molar-refractivity contribution >= 4 is 11.6 Å². The van der Waals surface area contributed by atoms with Crippen LogP contribution in [0.3, 0.4) is 0 Å². The Bertz CT molecular complexity index is 385. The van der Waals surface area contributed by atoms with Gasteiger partial charge in [-0.05, 0) is 30.2 Å². The second-order valence-electron chi connectivity index (χ2n) is 3.15. The van der Waals surface area contributed by atoms with Gasteiger partial charge in [0.1, 0.15) is 5.75 Å². The molecule has 14 heavy (non-hydrogen) atoms. The predicted molar refractivity (Wildman–Crippen MR) is 54.2 cm³/mol. The number of fused-ring (bicyclic) bond motifs is 1. The predicted octanol–water partition coefficient (Wildman–Crippen LogP) is 2.09. The van der Waals surface area contributed by atoms with Gasteiger partial charge in [0.05, 0.1) is 6.26 Å². The maximum atomic E-state index is 11.1. The van der Waals surface area contributed by atoms with Gasteiger partial charge < -0.3 is 10.1 Å². The third kappa shape index (κ3) is 1.62. The molecule has 0 saturated heterocycles. The Morgan fingerprint density at radius 3 is 3.07 bits per heavy atom. The molecule has 0 aliphatic carbocycles. The van der Waals surface area contributed by atoms with Gasteiger partial charge in [-0.3, -0.25) is 4.79 Å². The molecule has 1 heterocycles. The number of hydrogen-bond donors (Lipinski definition) is 1. The number of rotatable bonds is 2. The molecular weight excluding hydrogens is 178 g/mol. The van der Waals surface area contributed by atoms with Gasteiger partial charge in [0, 0.05) is 12.1 Å². The van der Waals surface area contributed by atoms with Crippen molar-refractivity contribution in [2.75, 3.05) is 5.32 Å². The van der Waals surface area contributed by atoms with Crippen molar-refractivity contribution < 1.29 is 9.53 Å². The molecule has 0 aromatic heterocycles. The fourth-order valence-corrected chi connectivity index (χ4v) is 1.53. The fraction of sp³-hybridized carbons (Fsp3) is 0.182. The van der Waals surface area contributed by atoms with Crippen LogP contribution in [0.1, 0.15) is 12.0 Å². The van der Waals surface area contributed by atoms with Gasteiger partial charge in [0.15, 0.2) is 0 Å². The lowest BCUT2D eigenvalue weighted by Gasteiger charge is -2.16. The summed E-state index contributed by atoms with van der Waals surface area (Å²) in [5, 5.41) is 2.81. The average molecular weight is 189 g/mol.